The Bertz CT molecular complexity index is 724. The van der Waals surface area contributed by atoms with Crippen molar-refractivity contribution < 1.29 is 9.47 Å². The zero-order chi connectivity index (χ0) is 19.0. The fourth-order valence-corrected chi connectivity index (χ4v) is 2.60. The first-order valence-electron chi connectivity index (χ1n) is 8.70. The molecule has 0 bridgehead atoms. The molecule has 2 aromatic rings. The third kappa shape index (κ3) is 5.41. The summed E-state index contributed by atoms with van der Waals surface area (Å²) in [6, 6.07) is 16.2. The molecule has 0 amide bonds. The average molecular weight is 355 g/mol. The first-order chi connectivity index (χ1) is 12.5. The van der Waals surface area contributed by atoms with Crippen LogP contribution in [0.3, 0.4) is 0 Å². The summed E-state index contributed by atoms with van der Waals surface area (Å²) in [5, 5.41) is 6.76. The lowest BCUT2D eigenvalue weighted by atomic mass is 9.84. The van der Waals surface area contributed by atoms with Crippen molar-refractivity contribution in [1.82, 2.24) is 10.6 Å². The highest BCUT2D eigenvalue weighted by molar-refractivity contribution is 5.79. The van der Waals surface area contributed by atoms with Gasteiger partial charge in [0.2, 0.25) is 0 Å². The normalized spacial score (nSPS) is 11.8. The van der Waals surface area contributed by atoms with Crippen LogP contribution >= 0.6 is 0 Å². The van der Waals surface area contributed by atoms with Gasteiger partial charge in [0.25, 0.3) is 0 Å². The summed E-state index contributed by atoms with van der Waals surface area (Å²) in [5.41, 5.74) is 2.32. The van der Waals surface area contributed by atoms with Crippen LogP contribution in [0.25, 0.3) is 0 Å². The molecule has 0 aliphatic rings. The van der Waals surface area contributed by atoms with Gasteiger partial charge in [-0.2, -0.15) is 0 Å². The molecule has 2 aromatic carbocycles. The standard InChI is InChI=1S/C21H29N3O2/c1-21(2,17-7-6-8-19(13-17)26-5)15-24-20(22-3)23-14-16-9-11-18(25-4)12-10-16/h6-13H,14-15H2,1-5H3,(H2,22,23,24). The van der Waals surface area contributed by atoms with Crippen LogP contribution in [0.5, 0.6) is 11.5 Å². The van der Waals surface area contributed by atoms with E-state index in [1.165, 1.54) is 11.1 Å². The zero-order valence-corrected chi connectivity index (χ0v) is 16.3. The van der Waals surface area contributed by atoms with Crippen molar-refractivity contribution >= 4 is 5.96 Å². The summed E-state index contributed by atoms with van der Waals surface area (Å²) in [6.07, 6.45) is 0. The maximum atomic E-state index is 5.34. The summed E-state index contributed by atoms with van der Waals surface area (Å²) < 4.78 is 10.5. The lowest BCUT2D eigenvalue weighted by Crippen LogP contribution is -2.43. The van der Waals surface area contributed by atoms with Gasteiger partial charge >= 0.3 is 0 Å². The molecule has 0 aromatic heterocycles. The van der Waals surface area contributed by atoms with Crippen LogP contribution < -0.4 is 20.1 Å². The number of rotatable bonds is 7. The predicted octanol–water partition coefficient (Wildman–Crippen LogP) is 3.35. The second-order valence-corrected chi connectivity index (χ2v) is 6.74. The monoisotopic (exact) mass is 355 g/mol. The summed E-state index contributed by atoms with van der Waals surface area (Å²) >= 11 is 0. The largest absolute Gasteiger partial charge is 0.497 e. The second-order valence-electron chi connectivity index (χ2n) is 6.74. The van der Waals surface area contributed by atoms with E-state index in [4.69, 9.17) is 9.47 Å². The number of nitrogens with one attached hydrogen (secondary N) is 2. The molecule has 0 saturated carbocycles. The molecular weight excluding hydrogens is 326 g/mol. The molecule has 0 spiro atoms. The minimum absolute atomic E-state index is 0.0632. The number of nitrogens with zero attached hydrogens (tertiary/aromatic N) is 1. The number of hydrogen-bond acceptors (Lipinski definition) is 3. The minimum atomic E-state index is -0.0632. The van der Waals surface area contributed by atoms with Gasteiger partial charge in [0.15, 0.2) is 5.96 Å². The Morgan fingerprint density at radius 3 is 2.27 bits per heavy atom. The second kappa shape index (κ2) is 9.13. The Hall–Kier alpha value is -2.69. The van der Waals surface area contributed by atoms with Gasteiger partial charge in [0, 0.05) is 25.6 Å². The Balaban J connectivity index is 1.92. The van der Waals surface area contributed by atoms with E-state index in [-0.39, 0.29) is 5.41 Å². The van der Waals surface area contributed by atoms with Gasteiger partial charge in [0.05, 0.1) is 14.2 Å². The van der Waals surface area contributed by atoms with Crippen molar-refractivity contribution in [3.63, 3.8) is 0 Å². The Morgan fingerprint density at radius 1 is 0.962 bits per heavy atom. The lowest BCUT2D eigenvalue weighted by molar-refractivity contribution is 0.411. The van der Waals surface area contributed by atoms with Crippen LogP contribution in [0.4, 0.5) is 0 Å². The van der Waals surface area contributed by atoms with Crippen molar-refractivity contribution in [3.8, 4) is 11.5 Å². The van der Waals surface area contributed by atoms with Gasteiger partial charge < -0.3 is 20.1 Å². The summed E-state index contributed by atoms with van der Waals surface area (Å²) in [7, 11) is 5.14. The van der Waals surface area contributed by atoms with Crippen LogP contribution in [0.1, 0.15) is 25.0 Å². The quantitative estimate of drug-likeness (QED) is 0.591. The van der Waals surface area contributed by atoms with E-state index in [1.54, 1.807) is 21.3 Å². The SMILES string of the molecule is CN=C(NCc1ccc(OC)cc1)NCC(C)(C)c1cccc(OC)c1. The van der Waals surface area contributed by atoms with E-state index in [1.807, 2.05) is 36.4 Å². The maximum absolute atomic E-state index is 5.34. The predicted molar refractivity (Wildman–Crippen MR) is 107 cm³/mol. The number of benzene rings is 2. The minimum Gasteiger partial charge on any atom is -0.497 e. The van der Waals surface area contributed by atoms with Gasteiger partial charge in [-0.05, 0) is 35.4 Å². The van der Waals surface area contributed by atoms with E-state index in [9.17, 15) is 0 Å². The Labute approximate surface area is 156 Å². The van der Waals surface area contributed by atoms with E-state index in [0.717, 1.165) is 24.0 Å². The van der Waals surface area contributed by atoms with Crippen molar-refractivity contribution in [3.05, 3.63) is 59.7 Å². The molecular formula is C21H29N3O2. The van der Waals surface area contributed by atoms with E-state index >= 15 is 0 Å². The molecule has 0 atom stereocenters. The summed E-state index contributed by atoms with van der Waals surface area (Å²) in [5.74, 6) is 2.51. The molecule has 140 valence electrons. The Morgan fingerprint density at radius 2 is 1.65 bits per heavy atom. The zero-order valence-electron chi connectivity index (χ0n) is 16.3. The van der Waals surface area contributed by atoms with Gasteiger partial charge in [-0.3, -0.25) is 4.99 Å². The molecule has 0 aliphatic carbocycles. The number of ether oxygens (including phenoxy) is 2. The Kier molecular flexibility index (Phi) is 6.89. The van der Waals surface area contributed by atoms with Crippen LogP contribution in [0.15, 0.2) is 53.5 Å². The smallest absolute Gasteiger partial charge is 0.191 e. The fraction of sp³-hybridized carbons (Fsp3) is 0.381. The average Bonchev–Trinajstić information content (AvgIpc) is 2.68. The molecule has 0 fully saturated rings. The lowest BCUT2D eigenvalue weighted by Gasteiger charge is -2.27. The van der Waals surface area contributed by atoms with Crippen molar-refractivity contribution in [2.24, 2.45) is 4.99 Å². The highest BCUT2D eigenvalue weighted by Crippen LogP contribution is 2.25. The molecule has 5 heteroatoms. The van der Waals surface area contributed by atoms with Gasteiger partial charge in [-0.1, -0.05) is 38.1 Å². The molecule has 0 heterocycles. The molecule has 0 radical (unpaired) electrons. The van der Waals surface area contributed by atoms with Crippen LogP contribution in [0, 0.1) is 0 Å². The van der Waals surface area contributed by atoms with Gasteiger partial charge in [0.1, 0.15) is 11.5 Å². The molecule has 2 N–H and O–H groups in total. The maximum Gasteiger partial charge on any atom is 0.191 e. The molecule has 5 nitrogen and oxygen atoms in total. The first-order valence-corrected chi connectivity index (χ1v) is 8.70. The third-order valence-corrected chi connectivity index (χ3v) is 4.39. The van der Waals surface area contributed by atoms with Gasteiger partial charge in [-0.25, -0.2) is 0 Å². The van der Waals surface area contributed by atoms with Crippen molar-refractivity contribution in [2.75, 3.05) is 27.8 Å². The fourth-order valence-electron chi connectivity index (χ4n) is 2.60. The van der Waals surface area contributed by atoms with E-state index in [0.29, 0.717) is 6.54 Å². The number of aliphatic imine (C=N–C) groups is 1. The first kappa shape index (κ1) is 19.6. The van der Waals surface area contributed by atoms with Crippen LogP contribution in [-0.2, 0) is 12.0 Å². The molecule has 26 heavy (non-hydrogen) atoms. The summed E-state index contributed by atoms with van der Waals surface area (Å²) in [6.45, 7) is 5.85. The molecule has 2 rings (SSSR count). The van der Waals surface area contributed by atoms with E-state index in [2.05, 4.69) is 41.6 Å². The molecule has 0 saturated heterocycles. The highest BCUT2D eigenvalue weighted by Gasteiger charge is 2.21. The van der Waals surface area contributed by atoms with E-state index < -0.39 is 0 Å². The van der Waals surface area contributed by atoms with Crippen molar-refractivity contribution in [1.29, 1.82) is 0 Å². The summed E-state index contributed by atoms with van der Waals surface area (Å²) in [4.78, 5) is 4.31. The third-order valence-electron chi connectivity index (χ3n) is 4.39. The van der Waals surface area contributed by atoms with Crippen LogP contribution in [-0.4, -0.2) is 33.8 Å². The highest BCUT2D eigenvalue weighted by atomic mass is 16.5. The molecule has 0 aliphatic heterocycles. The number of methoxy groups -OCH3 is 2. The van der Waals surface area contributed by atoms with Crippen LogP contribution in [0.2, 0.25) is 0 Å². The number of hydrogen-bond donors (Lipinski definition) is 2. The molecule has 0 unspecified atom stereocenters. The topological polar surface area (TPSA) is 54.9 Å². The van der Waals surface area contributed by atoms with Crippen molar-refractivity contribution in [2.45, 2.75) is 25.8 Å². The number of guanidine groups is 1. The van der Waals surface area contributed by atoms with Gasteiger partial charge in [-0.15, -0.1) is 0 Å².